The summed E-state index contributed by atoms with van der Waals surface area (Å²) in [4.78, 5) is 11.2. The van der Waals surface area contributed by atoms with E-state index in [4.69, 9.17) is 34.8 Å². The second-order valence-electron chi connectivity index (χ2n) is 4.03. The Kier molecular flexibility index (Phi) is 5.95. The number of nitrogens with one attached hydrogen (secondary N) is 1. The van der Waals surface area contributed by atoms with Crippen molar-refractivity contribution in [2.75, 3.05) is 6.54 Å². The third kappa shape index (κ3) is 5.42. The fourth-order valence-electron chi connectivity index (χ4n) is 1.84. The molecular weight excluding hydrogens is 268 g/mol. The van der Waals surface area contributed by atoms with Crippen LogP contribution in [-0.2, 0) is 4.79 Å². The number of alkyl halides is 3. The van der Waals surface area contributed by atoms with Gasteiger partial charge in [-0.2, -0.15) is 0 Å². The highest BCUT2D eigenvalue weighted by molar-refractivity contribution is 6.76. The third-order valence-corrected chi connectivity index (χ3v) is 3.21. The summed E-state index contributed by atoms with van der Waals surface area (Å²) in [6.07, 6.45) is 10.5. The Morgan fingerprint density at radius 1 is 1.25 bits per heavy atom. The maximum absolute atomic E-state index is 11.2. The summed E-state index contributed by atoms with van der Waals surface area (Å²) in [7, 11) is 0. The summed E-state index contributed by atoms with van der Waals surface area (Å²) in [5, 5.41) is 2.54. The molecule has 2 nitrogen and oxygen atoms in total. The zero-order valence-electron chi connectivity index (χ0n) is 9.02. The third-order valence-electron chi connectivity index (χ3n) is 2.70. The summed E-state index contributed by atoms with van der Waals surface area (Å²) in [6, 6.07) is 0. The summed E-state index contributed by atoms with van der Waals surface area (Å²) < 4.78 is -1.86. The predicted molar refractivity (Wildman–Crippen MR) is 69.0 cm³/mol. The molecule has 1 aliphatic carbocycles. The molecule has 92 valence electrons. The Balaban J connectivity index is 2.19. The van der Waals surface area contributed by atoms with E-state index in [2.05, 4.69) is 11.4 Å². The minimum atomic E-state index is -1.86. The fourth-order valence-corrected chi connectivity index (χ4v) is 2.04. The molecule has 0 atom stereocenters. The topological polar surface area (TPSA) is 29.1 Å². The van der Waals surface area contributed by atoms with Gasteiger partial charge < -0.3 is 5.32 Å². The van der Waals surface area contributed by atoms with Crippen LogP contribution in [0.4, 0.5) is 0 Å². The molecule has 1 amide bonds. The smallest absolute Gasteiger partial charge is 0.272 e. The van der Waals surface area contributed by atoms with Gasteiger partial charge in [0.2, 0.25) is 0 Å². The first kappa shape index (κ1) is 14.1. The first-order valence-corrected chi connectivity index (χ1v) is 6.65. The molecule has 0 spiro atoms. The highest BCUT2D eigenvalue weighted by Gasteiger charge is 2.29. The Morgan fingerprint density at radius 3 is 2.44 bits per heavy atom. The van der Waals surface area contributed by atoms with Crippen molar-refractivity contribution < 1.29 is 4.79 Å². The summed E-state index contributed by atoms with van der Waals surface area (Å²) >= 11 is 16.2. The minimum absolute atomic E-state index is 0.420. The molecule has 16 heavy (non-hydrogen) atoms. The lowest BCUT2D eigenvalue weighted by Gasteiger charge is -2.17. The lowest BCUT2D eigenvalue weighted by Crippen LogP contribution is -2.34. The number of halogens is 3. The maximum Gasteiger partial charge on any atom is 0.272 e. The molecule has 0 bridgehead atoms. The molecule has 1 aliphatic rings. The average Bonchev–Trinajstić information content (AvgIpc) is 2.24. The first-order chi connectivity index (χ1) is 7.50. The van der Waals surface area contributed by atoms with Crippen LogP contribution in [0.25, 0.3) is 0 Å². The quantitative estimate of drug-likeness (QED) is 0.622. The first-order valence-electron chi connectivity index (χ1n) is 5.52. The zero-order valence-corrected chi connectivity index (χ0v) is 11.3. The van der Waals surface area contributed by atoms with Crippen molar-refractivity contribution in [3.8, 4) is 0 Å². The number of rotatable bonds is 3. The normalized spacial score (nSPS) is 18.9. The van der Waals surface area contributed by atoms with Gasteiger partial charge >= 0.3 is 0 Å². The van der Waals surface area contributed by atoms with Gasteiger partial charge in [0.25, 0.3) is 9.70 Å². The summed E-state index contributed by atoms with van der Waals surface area (Å²) in [5.41, 5.74) is 0. The van der Waals surface area contributed by atoms with E-state index in [1.165, 1.54) is 32.1 Å². The Bertz CT molecular complexity index is 254. The molecule has 0 saturated heterocycles. The Morgan fingerprint density at radius 2 is 1.88 bits per heavy atom. The minimum Gasteiger partial charge on any atom is -0.349 e. The van der Waals surface area contributed by atoms with Crippen LogP contribution < -0.4 is 5.32 Å². The van der Waals surface area contributed by atoms with Gasteiger partial charge in [0.1, 0.15) is 0 Å². The van der Waals surface area contributed by atoms with E-state index >= 15 is 0 Å². The SMILES string of the molecule is O=C(NC/C=C/C1CCCCC1)C(Cl)(Cl)Cl. The van der Waals surface area contributed by atoms with Gasteiger partial charge in [-0.1, -0.05) is 66.2 Å². The number of hydrogen-bond acceptors (Lipinski definition) is 1. The van der Waals surface area contributed by atoms with Crippen molar-refractivity contribution in [3.63, 3.8) is 0 Å². The lowest BCUT2D eigenvalue weighted by atomic mass is 9.89. The fraction of sp³-hybridized carbons (Fsp3) is 0.727. The van der Waals surface area contributed by atoms with Crippen LogP contribution in [-0.4, -0.2) is 16.2 Å². The van der Waals surface area contributed by atoms with E-state index < -0.39 is 9.70 Å². The van der Waals surface area contributed by atoms with E-state index in [9.17, 15) is 4.79 Å². The van der Waals surface area contributed by atoms with Crippen LogP contribution >= 0.6 is 34.8 Å². The van der Waals surface area contributed by atoms with Gasteiger partial charge in [-0.3, -0.25) is 4.79 Å². The van der Waals surface area contributed by atoms with Crippen molar-refractivity contribution in [1.29, 1.82) is 0 Å². The van der Waals surface area contributed by atoms with Gasteiger partial charge in [0.05, 0.1) is 0 Å². The maximum atomic E-state index is 11.2. The largest absolute Gasteiger partial charge is 0.349 e. The van der Waals surface area contributed by atoms with Crippen molar-refractivity contribution >= 4 is 40.7 Å². The van der Waals surface area contributed by atoms with Crippen LogP contribution in [0.2, 0.25) is 0 Å². The molecule has 0 aromatic heterocycles. The zero-order chi connectivity index (χ0) is 12.0. The predicted octanol–water partition coefficient (Wildman–Crippen LogP) is 3.61. The van der Waals surface area contributed by atoms with Crippen molar-refractivity contribution in [3.05, 3.63) is 12.2 Å². The Hall–Kier alpha value is 0.0800. The van der Waals surface area contributed by atoms with Crippen LogP contribution in [0, 0.1) is 5.92 Å². The molecule has 0 aliphatic heterocycles. The van der Waals surface area contributed by atoms with E-state index in [0.717, 1.165) is 0 Å². The van der Waals surface area contributed by atoms with Crippen LogP contribution in [0.15, 0.2) is 12.2 Å². The number of hydrogen-bond donors (Lipinski definition) is 1. The molecule has 0 radical (unpaired) electrons. The Labute approximate surface area is 111 Å². The van der Waals surface area contributed by atoms with Crippen molar-refractivity contribution in [2.24, 2.45) is 5.92 Å². The standard InChI is InChI=1S/C11H16Cl3NO/c12-11(13,14)10(16)15-8-4-7-9-5-2-1-3-6-9/h4,7,9H,1-3,5-6,8H2,(H,15,16)/b7-4+. The van der Waals surface area contributed by atoms with Crippen molar-refractivity contribution in [1.82, 2.24) is 5.32 Å². The van der Waals surface area contributed by atoms with Crippen molar-refractivity contribution in [2.45, 2.75) is 35.9 Å². The monoisotopic (exact) mass is 283 g/mol. The highest BCUT2D eigenvalue weighted by Crippen LogP contribution is 2.26. The molecule has 1 rings (SSSR count). The van der Waals surface area contributed by atoms with Crippen LogP contribution in [0.1, 0.15) is 32.1 Å². The van der Waals surface area contributed by atoms with E-state index in [-0.39, 0.29) is 0 Å². The second-order valence-corrected chi connectivity index (χ2v) is 6.32. The van der Waals surface area contributed by atoms with E-state index in [1.807, 2.05) is 6.08 Å². The summed E-state index contributed by atoms with van der Waals surface area (Å²) in [5.74, 6) is 0.0733. The molecule has 0 heterocycles. The van der Waals surface area contributed by atoms with Gasteiger partial charge in [0.15, 0.2) is 0 Å². The lowest BCUT2D eigenvalue weighted by molar-refractivity contribution is -0.120. The number of allylic oxidation sites excluding steroid dienone is 1. The van der Waals surface area contributed by atoms with E-state index in [0.29, 0.717) is 12.5 Å². The molecule has 0 aromatic rings. The summed E-state index contributed by atoms with van der Waals surface area (Å²) in [6.45, 7) is 0.420. The van der Waals surface area contributed by atoms with Crippen LogP contribution in [0.5, 0.6) is 0 Å². The van der Waals surface area contributed by atoms with Gasteiger partial charge in [-0.25, -0.2) is 0 Å². The van der Waals surface area contributed by atoms with Gasteiger partial charge in [0, 0.05) is 6.54 Å². The molecule has 1 fully saturated rings. The molecule has 5 heteroatoms. The molecular formula is C11H16Cl3NO. The highest BCUT2D eigenvalue weighted by atomic mass is 35.6. The second kappa shape index (κ2) is 6.73. The van der Waals surface area contributed by atoms with Gasteiger partial charge in [-0.15, -0.1) is 0 Å². The molecule has 1 N–H and O–H groups in total. The number of carbonyl (C=O) groups is 1. The number of carbonyl (C=O) groups excluding carboxylic acids is 1. The number of amides is 1. The van der Waals surface area contributed by atoms with Gasteiger partial charge in [-0.05, 0) is 18.8 Å². The molecule has 0 unspecified atom stereocenters. The van der Waals surface area contributed by atoms with E-state index in [1.54, 1.807) is 0 Å². The average molecular weight is 285 g/mol. The molecule has 1 saturated carbocycles. The molecule has 0 aromatic carbocycles. The van der Waals surface area contributed by atoms with Crippen LogP contribution in [0.3, 0.4) is 0 Å².